The number of rotatable bonds is 2. The average Bonchev–Trinajstić information content (AvgIpc) is 2.26. The standard InChI is InChI=1S/C10H7F3N2O2/c1-17-8(16)2-6-4-15-5-7(3-14)9(6)10(11,12)13/h4-5H,2H2,1H3. The highest BCUT2D eigenvalue weighted by Gasteiger charge is 2.37. The lowest BCUT2D eigenvalue weighted by Crippen LogP contribution is -2.15. The summed E-state index contributed by atoms with van der Waals surface area (Å²) in [7, 11) is 1.07. The molecule has 0 aliphatic rings. The fraction of sp³-hybridized carbons (Fsp3) is 0.300. The van der Waals surface area contributed by atoms with Gasteiger partial charge in [0.15, 0.2) is 0 Å². The molecule has 0 saturated heterocycles. The van der Waals surface area contributed by atoms with Crippen molar-refractivity contribution in [1.82, 2.24) is 4.98 Å². The number of hydrogen-bond acceptors (Lipinski definition) is 4. The van der Waals surface area contributed by atoms with Gasteiger partial charge in [0.2, 0.25) is 0 Å². The second-order valence-corrected chi connectivity index (χ2v) is 3.08. The second-order valence-electron chi connectivity index (χ2n) is 3.08. The molecule has 0 aromatic carbocycles. The first-order chi connectivity index (χ1) is 7.90. The Morgan fingerprint density at radius 2 is 2.18 bits per heavy atom. The van der Waals surface area contributed by atoms with Gasteiger partial charge in [-0.3, -0.25) is 9.78 Å². The van der Waals surface area contributed by atoms with E-state index in [0.29, 0.717) is 0 Å². The molecule has 4 nitrogen and oxygen atoms in total. The van der Waals surface area contributed by atoms with E-state index < -0.39 is 29.7 Å². The Kier molecular flexibility index (Phi) is 3.68. The zero-order chi connectivity index (χ0) is 13.1. The van der Waals surface area contributed by atoms with Crippen molar-refractivity contribution < 1.29 is 22.7 Å². The molecule has 1 rings (SSSR count). The topological polar surface area (TPSA) is 63.0 Å². The number of methoxy groups -OCH3 is 1. The van der Waals surface area contributed by atoms with E-state index in [1.165, 1.54) is 6.07 Å². The fourth-order valence-electron chi connectivity index (χ4n) is 1.29. The molecule has 90 valence electrons. The number of ether oxygens (including phenoxy) is 1. The maximum Gasteiger partial charge on any atom is 0.418 e. The number of hydrogen-bond donors (Lipinski definition) is 0. The van der Waals surface area contributed by atoms with E-state index in [-0.39, 0.29) is 5.56 Å². The Morgan fingerprint density at radius 3 is 2.65 bits per heavy atom. The Morgan fingerprint density at radius 1 is 1.53 bits per heavy atom. The molecule has 0 N–H and O–H groups in total. The normalized spacial score (nSPS) is 10.8. The Bertz CT molecular complexity index is 477. The zero-order valence-electron chi connectivity index (χ0n) is 8.71. The molecule has 0 fully saturated rings. The summed E-state index contributed by atoms with van der Waals surface area (Å²) in [6.07, 6.45) is -3.57. The first-order valence-corrected chi connectivity index (χ1v) is 4.41. The highest BCUT2D eigenvalue weighted by atomic mass is 19.4. The summed E-state index contributed by atoms with van der Waals surface area (Å²) < 4.78 is 42.4. The molecule has 1 heterocycles. The van der Waals surface area contributed by atoms with Crippen LogP contribution in [-0.4, -0.2) is 18.1 Å². The van der Waals surface area contributed by atoms with Crippen LogP contribution in [0.2, 0.25) is 0 Å². The van der Waals surface area contributed by atoms with Gasteiger partial charge in [-0.15, -0.1) is 0 Å². The van der Waals surface area contributed by atoms with Gasteiger partial charge in [0.1, 0.15) is 6.07 Å². The van der Waals surface area contributed by atoms with Crippen LogP contribution in [-0.2, 0) is 22.1 Å². The number of nitriles is 1. The van der Waals surface area contributed by atoms with Crippen molar-refractivity contribution in [3.8, 4) is 6.07 Å². The minimum Gasteiger partial charge on any atom is -0.469 e. The number of nitrogens with zero attached hydrogens (tertiary/aromatic N) is 2. The van der Waals surface area contributed by atoms with E-state index >= 15 is 0 Å². The number of pyridine rings is 1. The van der Waals surface area contributed by atoms with Crippen LogP contribution in [0.5, 0.6) is 0 Å². The number of halogens is 3. The largest absolute Gasteiger partial charge is 0.469 e. The zero-order valence-corrected chi connectivity index (χ0v) is 8.71. The predicted molar refractivity (Wildman–Crippen MR) is 49.7 cm³/mol. The SMILES string of the molecule is COC(=O)Cc1cncc(C#N)c1C(F)(F)F. The van der Waals surface area contributed by atoms with Gasteiger partial charge in [0.05, 0.1) is 24.7 Å². The van der Waals surface area contributed by atoms with E-state index in [2.05, 4.69) is 9.72 Å². The van der Waals surface area contributed by atoms with Crippen molar-refractivity contribution in [1.29, 1.82) is 5.26 Å². The molecule has 0 spiro atoms. The summed E-state index contributed by atoms with van der Waals surface area (Å²) in [4.78, 5) is 14.4. The molecule has 0 aliphatic heterocycles. The van der Waals surface area contributed by atoms with Crippen LogP contribution in [0.4, 0.5) is 13.2 Å². The molecule has 0 aliphatic carbocycles. The summed E-state index contributed by atoms with van der Waals surface area (Å²) in [6, 6.07) is 1.40. The monoisotopic (exact) mass is 244 g/mol. The Hall–Kier alpha value is -2.10. The molecule has 0 unspecified atom stereocenters. The molecule has 0 amide bonds. The molecule has 0 saturated carbocycles. The van der Waals surface area contributed by atoms with Gasteiger partial charge in [-0.05, 0) is 5.56 Å². The van der Waals surface area contributed by atoms with E-state index in [1.807, 2.05) is 0 Å². The lowest BCUT2D eigenvalue weighted by molar-refractivity contribution is -0.141. The Labute approximate surface area is 94.6 Å². The predicted octanol–water partition coefficient (Wildman–Crippen LogP) is 1.69. The van der Waals surface area contributed by atoms with E-state index in [4.69, 9.17) is 5.26 Å². The molecule has 7 heteroatoms. The van der Waals surface area contributed by atoms with Gasteiger partial charge in [0, 0.05) is 12.4 Å². The molecule has 1 aromatic heterocycles. The number of alkyl halides is 3. The molecule has 0 bridgehead atoms. The van der Waals surface area contributed by atoms with E-state index in [9.17, 15) is 18.0 Å². The highest BCUT2D eigenvalue weighted by molar-refractivity contribution is 5.73. The van der Waals surface area contributed by atoms with Crippen molar-refractivity contribution in [3.05, 3.63) is 29.1 Å². The van der Waals surface area contributed by atoms with Crippen LogP contribution in [0.3, 0.4) is 0 Å². The van der Waals surface area contributed by atoms with Crippen LogP contribution >= 0.6 is 0 Å². The van der Waals surface area contributed by atoms with Gasteiger partial charge >= 0.3 is 12.1 Å². The lowest BCUT2D eigenvalue weighted by Gasteiger charge is -2.12. The van der Waals surface area contributed by atoms with Crippen molar-refractivity contribution in [3.63, 3.8) is 0 Å². The smallest absolute Gasteiger partial charge is 0.418 e. The number of carbonyl (C=O) groups excluding carboxylic acids is 1. The van der Waals surface area contributed by atoms with Crippen LogP contribution in [0.25, 0.3) is 0 Å². The molecular weight excluding hydrogens is 237 g/mol. The lowest BCUT2D eigenvalue weighted by atomic mass is 10.0. The van der Waals surface area contributed by atoms with E-state index in [0.717, 1.165) is 19.5 Å². The van der Waals surface area contributed by atoms with Gasteiger partial charge in [-0.25, -0.2) is 0 Å². The summed E-state index contributed by atoms with van der Waals surface area (Å²) >= 11 is 0. The second kappa shape index (κ2) is 4.82. The maximum atomic E-state index is 12.7. The summed E-state index contributed by atoms with van der Waals surface area (Å²) in [5, 5.41) is 8.59. The average molecular weight is 244 g/mol. The third kappa shape index (κ3) is 2.93. The van der Waals surface area contributed by atoms with Crippen molar-refractivity contribution >= 4 is 5.97 Å². The summed E-state index contributed by atoms with van der Waals surface area (Å²) in [5.41, 5.74) is -2.12. The summed E-state index contributed by atoms with van der Waals surface area (Å²) in [5.74, 6) is -0.826. The number of aromatic nitrogens is 1. The molecule has 17 heavy (non-hydrogen) atoms. The highest BCUT2D eigenvalue weighted by Crippen LogP contribution is 2.34. The van der Waals surface area contributed by atoms with Gasteiger partial charge in [0.25, 0.3) is 0 Å². The van der Waals surface area contributed by atoms with Crippen LogP contribution in [0.1, 0.15) is 16.7 Å². The van der Waals surface area contributed by atoms with Crippen LogP contribution in [0, 0.1) is 11.3 Å². The fourth-order valence-corrected chi connectivity index (χ4v) is 1.29. The van der Waals surface area contributed by atoms with Gasteiger partial charge in [-0.1, -0.05) is 0 Å². The Balaban J connectivity index is 3.31. The first-order valence-electron chi connectivity index (χ1n) is 4.41. The first kappa shape index (κ1) is 13.0. The quantitative estimate of drug-likeness (QED) is 0.742. The minimum atomic E-state index is -4.71. The van der Waals surface area contributed by atoms with Crippen molar-refractivity contribution in [2.75, 3.05) is 7.11 Å². The number of carbonyl (C=O) groups is 1. The summed E-state index contributed by atoms with van der Waals surface area (Å²) in [6.45, 7) is 0. The number of esters is 1. The third-order valence-corrected chi connectivity index (χ3v) is 1.99. The van der Waals surface area contributed by atoms with Gasteiger partial charge < -0.3 is 4.74 Å². The van der Waals surface area contributed by atoms with Crippen molar-refractivity contribution in [2.45, 2.75) is 12.6 Å². The molecular formula is C10H7F3N2O2. The minimum absolute atomic E-state index is 0.372. The maximum absolute atomic E-state index is 12.7. The van der Waals surface area contributed by atoms with E-state index in [1.54, 1.807) is 0 Å². The molecule has 1 aromatic rings. The van der Waals surface area contributed by atoms with Gasteiger partial charge in [-0.2, -0.15) is 18.4 Å². The molecule has 0 radical (unpaired) electrons. The van der Waals surface area contributed by atoms with Crippen LogP contribution in [0.15, 0.2) is 12.4 Å². The third-order valence-electron chi connectivity index (χ3n) is 1.99. The van der Waals surface area contributed by atoms with Crippen molar-refractivity contribution in [2.24, 2.45) is 0 Å². The van der Waals surface area contributed by atoms with Crippen LogP contribution < -0.4 is 0 Å². The molecule has 0 atom stereocenters.